The van der Waals surface area contributed by atoms with E-state index < -0.39 is 28.8 Å². The van der Waals surface area contributed by atoms with Crippen LogP contribution in [0.3, 0.4) is 0 Å². The molecule has 2 atom stereocenters. The SMILES string of the molecule is CC(C)(C)OC(=O)NCCC(O)C(O)c1ccc([N+](=O)[O-])cc1Cl. The molecule has 0 aromatic heterocycles. The number of rotatable bonds is 6. The minimum absolute atomic E-state index is 0.0177. The second kappa shape index (κ2) is 8.27. The summed E-state index contributed by atoms with van der Waals surface area (Å²) in [4.78, 5) is 21.5. The summed E-state index contributed by atoms with van der Waals surface area (Å²) < 4.78 is 5.04. The number of nitro benzene ring substituents is 1. The number of aliphatic hydroxyl groups excluding tert-OH is 2. The van der Waals surface area contributed by atoms with Crippen LogP contribution in [-0.4, -0.2) is 39.5 Å². The Labute approximate surface area is 144 Å². The number of aliphatic hydroxyl groups is 2. The van der Waals surface area contributed by atoms with Gasteiger partial charge in [-0.1, -0.05) is 11.6 Å². The third-order valence-corrected chi connectivity index (χ3v) is 3.31. The summed E-state index contributed by atoms with van der Waals surface area (Å²) in [6.45, 7) is 5.25. The number of nitro groups is 1. The molecule has 1 amide bonds. The molecule has 2 unspecified atom stereocenters. The topological polar surface area (TPSA) is 122 Å². The van der Waals surface area contributed by atoms with Crippen LogP contribution in [-0.2, 0) is 4.74 Å². The van der Waals surface area contributed by atoms with E-state index in [-0.39, 0.29) is 29.2 Å². The lowest BCUT2D eigenvalue weighted by Gasteiger charge is -2.21. The van der Waals surface area contributed by atoms with E-state index in [1.165, 1.54) is 12.1 Å². The average molecular weight is 361 g/mol. The van der Waals surface area contributed by atoms with E-state index in [1.54, 1.807) is 20.8 Å². The standard InChI is InChI=1S/C15H21ClN2O6/c1-15(2,3)24-14(21)17-7-6-12(19)13(20)10-5-4-9(18(22)23)8-11(10)16/h4-5,8,12-13,19-20H,6-7H2,1-3H3,(H,17,21). The average Bonchev–Trinajstić information content (AvgIpc) is 2.44. The number of benzene rings is 1. The van der Waals surface area contributed by atoms with Gasteiger partial charge >= 0.3 is 6.09 Å². The largest absolute Gasteiger partial charge is 0.444 e. The van der Waals surface area contributed by atoms with E-state index >= 15 is 0 Å². The molecule has 0 aliphatic heterocycles. The lowest BCUT2D eigenvalue weighted by molar-refractivity contribution is -0.384. The van der Waals surface area contributed by atoms with Gasteiger partial charge in [0.15, 0.2) is 0 Å². The summed E-state index contributed by atoms with van der Waals surface area (Å²) in [5, 5.41) is 33.2. The van der Waals surface area contributed by atoms with Crippen molar-refractivity contribution >= 4 is 23.4 Å². The molecule has 0 aliphatic rings. The van der Waals surface area contributed by atoms with Gasteiger partial charge in [-0.2, -0.15) is 0 Å². The van der Waals surface area contributed by atoms with Crippen molar-refractivity contribution in [2.24, 2.45) is 0 Å². The van der Waals surface area contributed by atoms with Crippen LogP contribution in [0.5, 0.6) is 0 Å². The molecule has 0 spiro atoms. The van der Waals surface area contributed by atoms with Crippen molar-refractivity contribution in [3.8, 4) is 0 Å². The summed E-state index contributed by atoms with van der Waals surface area (Å²) in [7, 11) is 0. The summed E-state index contributed by atoms with van der Waals surface area (Å²) in [6.07, 6.45) is -3.12. The van der Waals surface area contributed by atoms with Gasteiger partial charge in [0.25, 0.3) is 5.69 Å². The van der Waals surface area contributed by atoms with Crippen molar-refractivity contribution in [1.82, 2.24) is 5.32 Å². The van der Waals surface area contributed by atoms with E-state index in [0.29, 0.717) is 0 Å². The quantitative estimate of drug-likeness (QED) is 0.529. The second-order valence-electron chi connectivity index (χ2n) is 6.19. The Morgan fingerprint density at radius 2 is 2.04 bits per heavy atom. The fourth-order valence-electron chi connectivity index (χ4n) is 1.87. The van der Waals surface area contributed by atoms with E-state index in [2.05, 4.69) is 5.32 Å². The Hall–Kier alpha value is -1.90. The number of alkyl carbamates (subject to hydrolysis) is 1. The summed E-state index contributed by atoms with van der Waals surface area (Å²) in [6, 6.07) is 3.58. The zero-order chi connectivity index (χ0) is 18.5. The monoisotopic (exact) mass is 360 g/mol. The Morgan fingerprint density at radius 1 is 1.42 bits per heavy atom. The molecule has 24 heavy (non-hydrogen) atoms. The van der Waals surface area contributed by atoms with Gasteiger partial charge in [-0.15, -0.1) is 0 Å². The molecule has 0 radical (unpaired) electrons. The van der Waals surface area contributed by atoms with Crippen LogP contribution in [0.25, 0.3) is 0 Å². The van der Waals surface area contributed by atoms with Gasteiger partial charge in [-0.3, -0.25) is 10.1 Å². The van der Waals surface area contributed by atoms with Gasteiger partial charge in [0.05, 0.1) is 16.0 Å². The molecule has 0 heterocycles. The first-order valence-corrected chi connectivity index (χ1v) is 7.66. The van der Waals surface area contributed by atoms with Crippen molar-refractivity contribution in [2.45, 2.75) is 45.0 Å². The Kier molecular flexibility index (Phi) is 6.94. The van der Waals surface area contributed by atoms with Gasteiger partial charge in [0.1, 0.15) is 11.7 Å². The summed E-state index contributed by atoms with van der Waals surface area (Å²) in [5.41, 5.74) is -0.668. The minimum Gasteiger partial charge on any atom is -0.444 e. The van der Waals surface area contributed by atoms with Crippen LogP contribution in [0.2, 0.25) is 5.02 Å². The molecule has 0 bridgehead atoms. The van der Waals surface area contributed by atoms with Crippen LogP contribution < -0.4 is 5.32 Å². The molecule has 1 aromatic rings. The van der Waals surface area contributed by atoms with Crippen LogP contribution in [0.15, 0.2) is 18.2 Å². The third-order valence-electron chi connectivity index (χ3n) is 2.99. The molecule has 0 fully saturated rings. The van der Waals surface area contributed by atoms with Crippen molar-refractivity contribution in [1.29, 1.82) is 0 Å². The molecule has 134 valence electrons. The number of nitrogens with zero attached hydrogens (tertiary/aromatic N) is 1. The summed E-state index contributed by atoms with van der Waals surface area (Å²) >= 11 is 5.90. The number of nitrogens with one attached hydrogen (secondary N) is 1. The molecule has 1 aromatic carbocycles. The van der Waals surface area contributed by atoms with Crippen LogP contribution >= 0.6 is 11.6 Å². The molecule has 8 nitrogen and oxygen atoms in total. The molecule has 0 aliphatic carbocycles. The van der Waals surface area contributed by atoms with E-state index in [0.717, 1.165) is 6.07 Å². The van der Waals surface area contributed by atoms with Crippen LogP contribution in [0.1, 0.15) is 38.9 Å². The molecule has 3 N–H and O–H groups in total. The lowest BCUT2D eigenvalue weighted by Crippen LogP contribution is -2.34. The highest BCUT2D eigenvalue weighted by atomic mass is 35.5. The molecule has 0 saturated heterocycles. The highest BCUT2D eigenvalue weighted by Crippen LogP contribution is 2.29. The first kappa shape index (κ1) is 20.1. The van der Waals surface area contributed by atoms with Crippen LogP contribution in [0.4, 0.5) is 10.5 Å². The Bertz CT molecular complexity index is 602. The van der Waals surface area contributed by atoms with Crippen molar-refractivity contribution in [2.75, 3.05) is 6.54 Å². The zero-order valence-electron chi connectivity index (χ0n) is 13.7. The van der Waals surface area contributed by atoms with Crippen LogP contribution in [0, 0.1) is 10.1 Å². The number of carbonyl (C=O) groups excluding carboxylic acids is 1. The number of carbonyl (C=O) groups is 1. The highest BCUT2D eigenvalue weighted by molar-refractivity contribution is 6.31. The molecule has 9 heteroatoms. The predicted octanol–water partition coefficient (Wildman–Crippen LogP) is 2.56. The van der Waals surface area contributed by atoms with Gasteiger partial charge in [-0.05, 0) is 33.3 Å². The minimum atomic E-state index is -1.33. The van der Waals surface area contributed by atoms with Gasteiger partial charge in [0, 0.05) is 24.2 Å². The van der Waals surface area contributed by atoms with E-state index in [4.69, 9.17) is 16.3 Å². The maximum Gasteiger partial charge on any atom is 0.407 e. The third kappa shape index (κ3) is 6.31. The number of hydrogen-bond donors (Lipinski definition) is 3. The molecule has 1 rings (SSSR count). The smallest absolute Gasteiger partial charge is 0.407 e. The zero-order valence-corrected chi connectivity index (χ0v) is 14.4. The summed E-state index contributed by atoms with van der Waals surface area (Å²) in [5.74, 6) is 0. The first-order valence-electron chi connectivity index (χ1n) is 7.28. The fourth-order valence-corrected chi connectivity index (χ4v) is 2.16. The number of ether oxygens (including phenoxy) is 1. The number of hydrogen-bond acceptors (Lipinski definition) is 6. The molecule has 0 saturated carbocycles. The second-order valence-corrected chi connectivity index (χ2v) is 6.60. The molecular weight excluding hydrogens is 340 g/mol. The van der Waals surface area contributed by atoms with E-state index in [1.807, 2.05) is 0 Å². The first-order chi connectivity index (χ1) is 11.0. The maximum absolute atomic E-state index is 11.5. The Morgan fingerprint density at radius 3 is 2.54 bits per heavy atom. The van der Waals surface area contributed by atoms with Gasteiger partial charge < -0.3 is 20.3 Å². The normalized spacial score (nSPS) is 13.9. The van der Waals surface area contributed by atoms with Crippen molar-refractivity contribution in [3.63, 3.8) is 0 Å². The molecular formula is C15H21ClN2O6. The number of halogens is 1. The van der Waals surface area contributed by atoms with Crippen molar-refractivity contribution in [3.05, 3.63) is 38.9 Å². The Balaban J connectivity index is 2.57. The van der Waals surface area contributed by atoms with Crippen molar-refractivity contribution < 1.29 is 24.7 Å². The lowest BCUT2D eigenvalue weighted by atomic mass is 10.0. The van der Waals surface area contributed by atoms with E-state index in [9.17, 15) is 25.1 Å². The van der Waals surface area contributed by atoms with Gasteiger partial charge in [0.2, 0.25) is 0 Å². The van der Waals surface area contributed by atoms with Gasteiger partial charge in [-0.25, -0.2) is 4.79 Å². The maximum atomic E-state index is 11.5. The number of non-ortho nitro benzene ring substituents is 1. The highest BCUT2D eigenvalue weighted by Gasteiger charge is 2.23. The predicted molar refractivity (Wildman–Crippen MR) is 87.9 cm³/mol. The number of amides is 1. The fraction of sp³-hybridized carbons (Fsp3) is 0.533.